The number of nitrogens with one attached hydrogen (secondary N) is 1. The van der Waals surface area contributed by atoms with E-state index in [2.05, 4.69) is 11.4 Å². The van der Waals surface area contributed by atoms with Crippen molar-refractivity contribution < 1.29 is 9.53 Å². The van der Waals surface area contributed by atoms with Crippen molar-refractivity contribution in [2.24, 2.45) is 0 Å². The van der Waals surface area contributed by atoms with Crippen LogP contribution >= 0.6 is 0 Å². The number of methoxy groups -OCH3 is 1. The largest absolute Gasteiger partial charge is 0.385 e. The number of aryl methyl sites for hydroxylation is 2. The standard InChI is InChI=1S/C14H19NO2/c1-17-9-3-8-15-14(16)13-7-6-11-4-2-5-12(11)10-13/h6-7,10H,2-5,8-9H2,1H3,(H,15,16). The van der Waals surface area contributed by atoms with Crippen LogP contribution in [0.15, 0.2) is 18.2 Å². The van der Waals surface area contributed by atoms with Crippen molar-refractivity contribution in [3.63, 3.8) is 0 Å². The van der Waals surface area contributed by atoms with Crippen molar-refractivity contribution >= 4 is 5.91 Å². The summed E-state index contributed by atoms with van der Waals surface area (Å²) in [5.41, 5.74) is 3.53. The minimum Gasteiger partial charge on any atom is -0.385 e. The van der Waals surface area contributed by atoms with Crippen LogP contribution in [0.3, 0.4) is 0 Å². The zero-order chi connectivity index (χ0) is 12.1. The summed E-state index contributed by atoms with van der Waals surface area (Å²) in [6.07, 6.45) is 4.34. The molecule has 1 aliphatic carbocycles. The highest BCUT2D eigenvalue weighted by molar-refractivity contribution is 5.94. The minimum atomic E-state index is 0.0239. The van der Waals surface area contributed by atoms with E-state index in [4.69, 9.17) is 4.74 Å². The predicted octanol–water partition coefficient (Wildman–Crippen LogP) is 1.94. The number of benzene rings is 1. The van der Waals surface area contributed by atoms with Crippen LogP contribution in [-0.2, 0) is 17.6 Å². The third-order valence-electron chi connectivity index (χ3n) is 3.17. The first-order valence-electron chi connectivity index (χ1n) is 6.20. The van der Waals surface area contributed by atoms with Gasteiger partial charge in [-0.2, -0.15) is 0 Å². The van der Waals surface area contributed by atoms with Gasteiger partial charge in [0, 0.05) is 25.8 Å². The van der Waals surface area contributed by atoms with Gasteiger partial charge in [0.25, 0.3) is 5.91 Å². The van der Waals surface area contributed by atoms with Gasteiger partial charge in [-0.25, -0.2) is 0 Å². The summed E-state index contributed by atoms with van der Waals surface area (Å²) in [5, 5.41) is 2.91. The Balaban J connectivity index is 1.91. The average Bonchev–Trinajstić information content (AvgIpc) is 2.81. The van der Waals surface area contributed by atoms with Crippen LogP contribution in [0.4, 0.5) is 0 Å². The molecule has 0 radical (unpaired) electrons. The van der Waals surface area contributed by atoms with Crippen molar-refractivity contribution in [1.82, 2.24) is 5.32 Å². The molecule has 1 aromatic carbocycles. The van der Waals surface area contributed by atoms with Crippen molar-refractivity contribution in [1.29, 1.82) is 0 Å². The molecule has 0 spiro atoms. The predicted molar refractivity (Wildman–Crippen MR) is 67.3 cm³/mol. The molecule has 0 bridgehead atoms. The van der Waals surface area contributed by atoms with E-state index in [9.17, 15) is 4.79 Å². The Labute approximate surface area is 102 Å². The van der Waals surface area contributed by atoms with Crippen LogP contribution in [0.25, 0.3) is 0 Å². The topological polar surface area (TPSA) is 38.3 Å². The van der Waals surface area contributed by atoms with Crippen molar-refractivity contribution in [3.05, 3.63) is 34.9 Å². The molecule has 0 fully saturated rings. The summed E-state index contributed by atoms with van der Waals surface area (Å²) in [4.78, 5) is 11.9. The summed E-state index contributed by atoms with van der Waals surface area (Å²) in [6.45, 7) is 1.36. The highest BCUT2D eigenvalue weighted by Crippen LogP contribution is 2.22. The Morgan fingerprint density at radius 3 is 3.00 bits per heavy atom. The van der Waals surface area contributed by atoms with Crippen LogP contribution in [0, 0.1) is 0 Å². The molecular weight excluding hydrogens is 214 g/mol. The van der Waals surface area contributed by atoms with Gasteiger partial charge in [-0.3, -0.25) is 4.79 Å². The van der Waals surface area contributed by atoms with Gasteiger partial charge in [0.2, 0.25) is 0 Å². The van der Waals surface area contributed by atoms with E-state index >= 15 is 0 Å². The molecule has 0 aliphatic heterocycles. The zero-order valence-electron chi connectivity index (χ0n) is 10.3. The van der Waals surface area contributed by atoms with Crippen LogP contribution in [-0.4, -0.2) is 26.2 Å². The Morgan fingerprint density at radius 2 is 2.18 bits per heavy atom. The molecule has 1 aliphatic rings. The molecule has 0 aromatic heterocycles. The average molecular weight is 233 g/mol. The van der Waals surface area contributed by atoms with Crippen LogP contribution < -0.4 is 5.32 Å². The smallest absolute Gasteiger partial charge is 0.251 e. The molecule has 1 aromatic rings. The molecule has 3 heteroatoms. The number of amides is 1. The van der Waals surface area contributed by atoms with E-state index in [1.54, 1.807) is 7.11 Å². The molecule has 0 unspecified atom stereocenters. The highest BCUT2D eigenvalue weighted by Gasteiger charge is 2.13. The first-order chi connectivity index (χ1) is 8.31. The summed E-state index contributed by atoms with van der Waals surface area (Å²) >= 11 is 0. The third-order valence-corrected chi connectivity index (χ3v) is 3.17. The van der Waals surface area contributed by atoms with Gasteiger partial charge in [-0.15, -0.1) is 0 Å². The molecule has 17 heavy (non-hydrogen) atoms. The lowest BCUT2D eigenvalue weighted by Crippen LogP contribution is -2.25. The van der Waals surface area contributed by atoms with Gasteiger partial charge in [0.15, 0.2) is 0 Å². The molecule has 1 amide bonds. The van der Waals surface area contributed by atoms with Gasteiger partial charge in [0.05, 0.1) is 0 Å². The lowest BCUT2D eigenvalue weighted by molar-refractivity contribution is 0.0948. The Kier molecular flexibility index (Phi) is 4.15. The quantitative estimate of drug-likeness (QED) is 0.789. The lowest BCUT2D eigenvalue weighted by atomic mass is 10.1. The number of carbonyl (C=O) groups is 1. The van der Waals surface area contributed by atoms with E-state index < -0.39 is 0 Å². The molecule has 92 valence electrons. The van der Waals surface area contributed by atoms with Crippen LogP contribution in [0.1, 0.15) is 34.3 Å². The van der Waals surface area contributed by atoms with Crippen LogP contribution in [0.5, 0.6) is 0 Å². The second-order valence-electron chi connectivity index (χ2n) is 4.44. The number of hydrogen-bond donors (Lipinski definition) is 1. The second kappa shape index (κ2) is 5.82. The SMILES string of the molecule is COCCCNC(=O)c1ccc2c(c1)CCC2. The second-order valence-corrected chi connectivity index (χ2v) is 4.44. The first-order valence-corrected chi connectivity index (χ1v) is 6.20. The Bertz CT molecular complexity index is 401. The van der Waals surface area contributed by atoms with E-state index in [0.717, 1.165) is 24.8 Å². The molecular formula is C14H19NO2. The highest BCUT2D eigenvalue weighted by atomic mass is 16.5. The van der Waals surface area contributed by atoms with Gasteiger partial charge >= 0.3 is 0 Å². The minimum absolute atomic E-state index is 0.0239. The van der Waals surface area contributed by atoms with Crippen molar-refractivity contribution in [2.75, 3.05) is 20.3 Å². The summed E-state index contributed by atoms with van der Waals surface area (Å²) < 4.78 is 4.94. The number of fused-ring (bicyclic) bond motifs is 1. The fourth-order valence-electron chi connectivity index (χ4n) is 2.23. The number of ether oxygens (including phenoxy) is 1. The van der Waals surface area contributed by atoms with E-state index in [0.29, 0.717) is 13.2 Å². The fourth-order valence-corrected chi connectivity index (χ4v) is 2.23. The Morgan fingerprint density at radius 1 is 1.35 bits per heavy atom. The van der Waals surface area contributed by atoms with Gasteiger partial charge in [-0.1, -0.05) is 6.07 Å². The monoisotopic (exact) mass is 233 g/mol. The Hall–Kier alpha value is -1.35. The summed E-state index contributed by atoms with van der Waals surface area (Å²) in [6, 6.07) is 6.05. The number of rotatable bonds is 5. The van der Waals surface area contributed by atoms with E-state index in [-0.39, 0.29) is 5.91 Å². The van der Waals surface area contributed by atoms with Gasteiger partial charge in [-0.05, 0) is 48.9 Å². The molecule has 3 nitrogen and oxygen atoms in total. The maximum atomic E-state index is 11.9. The van der Waals surface area contributed by atoms with E-state index in [1.165, 1.54) is 17.5 Å². The molecule has 0 saturated heterocycles. The summed E-state index contributed by atoms with van der Waals surface area (Å²) in [5.74, 6) is 0.0239. The van der Waals surface area contributed by atoms with E-state index in [1.807, 2.05) is 12.1 Å². The lowest BCUT2D eigenvalue weighted by Gasteiger charge is -2.06. The van der Waals surface area contributed by atoms with Crippen molar-refractivity contribution in [3.8, 4) is 0 Å². The normalized spacial score (nSPS) is 13.5. The molecule has 0 heterocycles. The molecule has 1 N–H and O–H groups in total. The van der Waals surface area contributed by atoms with Gasteiger partial charge in [0.1, 0.15) is 0 Å². The zero-order valence-corrected chi connectivity index (χ0v) is 10.3. The first kappa shape index (κ1) is 12.1. The fraction of sp³-hybridized carbons (Fsp3) is 0.500. The molecule has 0 atom stereocenters. The molecule has 2 rings (SSSR count). The maximum Gasteiger partial charge on any atom is 0.251 e. The summed E-state index contributed by atoms with van der Waals surface area (Å²) in [7, 11) is 1.67. The third kappa shape index (κ3) is 3.07. The number of carbonyl (C=O) groups excluding carboxylic acids is 1. The van der Waals surface area contributed by atoms with Crippen molar-refractivity contribution in [2.45, 2.75) is 25.7 Å². The van der Waals surface area contributed by atoms with Crippen LogP contribution in [0.2, 0.25) is 0 Å². The van der Waals surface area contributed by atoms with Gasteiger partial charge < -0.3 is 10.1 Å². The molecule has 0 saturated carbocycles. The maximum absolute atomic E-state index is 11.9. The number of hydrogen-bond acceptors (Lipinski definition) is 2.